The zero-order valence-electron chi connectivity index (χ0n) is 12.6. The van der Waals surface area contributed by atoms with Crippen LogP contribution < -0.4 is 0 Å². The van der Waals surface area contributed by atoms with E-state index in [1.807, 2.05) is 0 Å². The lowest BCUT2D eigenvalue weighted by Crippen LogP contribution is -2.53. The standard InChI is InChI=1S/C17H29BrO/c1-16(2)14-8-9-15(10-14)17(16,12-18)19-11-13-6-4-3-5-7-13/h13-15H,3-12H2,1-2H3. The van der Waals surface area contributed by atoms with Crippen LogP contribution in [0.2, 0.25) is 0 Å². The molecular formula is C17H29BrO. The number of ether oxygens (including phenoxy) is 1. The lowest BCUT2D eigenvalue weighted by Gasteiger charge is -2.49. The van der Waals surface area contributed by atoms with Crippen molar-refractivity contribution in [3.63, 3.8) is 0 Å². The third-order valence-electron chi connectivity index (χ3n) is 6.70. The molecule has 0 aromatic rings. The number of hydrogen-bond acceptors (Lipinski definition) is 1. The maximum Gasteiger partial charge on any atom is 0.0860 e. The number of hydrogen-bond donors (Lipinski definition) is 0. The van der Waals surface area contributed by atoms with Crippen LogP contribution in [0.1, 0.15) is 65.2 Å². The molecule has 0 aromatic carbocycles. The largest absolute Gasteiger partial charge is 0.373 e. The van der Waals surface area contributed by atoms with Crippen LogP contribution in [-0.2, 0) is 4.74 Å². The Balaban J connectivity index is 1.69. The van der Waals surface area contributed by atoms with Crippen molar-refractivity contribution in [1.29, 1.82) is 0 Å². The van der Waals surface area contributed by atoms with Gasteiger partial charge in [-0.05, 0) is 55.3 Å². The van der Waals surface area contributed by atoms with Gasteiger partial charge in [0.25, 0.3) is 0 Å². The Labute approximate surface area is 127 Å². The number of alkyl halides is 1. The van der Waals surface area contributed by atoms with Gasteiger partial charge in [-0.25, -0.2) is 0 Å². The fraction of sp³-hybridized carbons (Fsp3) is 1.00. The van der Waals surface area contributed by atoms with Crippen molar-refractivity contribution in [2.24, 2.45) is 23.2 Å². The second kappa shape index (κ2) is 5.33. The summed E-state index contributed by atoms with van der Waals surface area (Å²) in [6.45, 7) is 5.93. The lowest BCUT2D eigenvalue weighted by atomic mass is 9.66. The van der Waals surface area contributed by atoms with Crippen LogP contribution in [0.25, 0.3) is 0 Å². The summed E-state index contributed by atoms with van der Waals surface area (Å²) in [5, 5.41) is 1.03. The first kappa shape index (κ1) is 14.4. The summed E-state index contributed by atoms with van der Waals surface area (Å²) in [5.41, 5.74) is 0.474. The van der Waals surface area contributed by atoms with Gasteiger partial charge < -0.3 is 4.74 Å². The highest BCUT2D eigenvalue weighted by Crippen LogP contribution is 2.63. The van der Waals surface area contributed by atoms with Gasteiger partial charge in [-0.1, -0.05) is 49.0 Å². The normalized spacial score (nSPS) is 41.8. The van der Waals surface area contributed by atoms with Crippen molar-refractivity contribution in [2.75, 3.05) is 11.9 Å². The molecule has 0 spiro atoms. The summed E-state index contributed by atoms with van der Waals surface area (Å²) in [5.74, 6) is 2.52. The first-order valence-electron chi connectivity index (χ1n) is 8.30. The number of halogens is 1. The molecule has 19 heavy (non-hydrogen) atoms. The van der Waals surface area contributed by atoms with Crippen LogP contribution in [0, 0.1) is 23.2 Å². The van der Waals surface area contributed by atoms with Crippen LogP contribution in [0.15, 0.2) is 0 Å². The molecule has 2 bridgehead atoms. The van der Waals surface area contributed by atoms with E-state index in [1.54, 1.807) is 0 Å². The molecule has 0 heterocycles. The zero-order chi connectivity index (χ0) is 13.5. The molecule has 0 aromatic heterocycles. The van der Waals surface area contributed by atoms with Crippen molar-refractivity contribution >= 4 is 15.9 Å². The SMILES string of the molecule is CC1(C)C2CCC(C2)C1(CBr)OCC1CCCCC1. The Morgan fingerprint density at radius 3 is 2.26 bits per heavy atom. The fourth-order valence-corrected chi connectivity index (χ4v) is 6.52. The van der Waals surface area contributed by atoms with Gasteiger partial charge in [0.15, 0.2) is 0 Å². The van der Waals surface area contributed by atoms with Crippen molar-refractivity contribution in [2.45, 2.75) is 70.8 Å². The molecule has 3 rings (SSSR count). The molecule has 3 saturated carbocycles. The van der Waals surface area contributed by atoms with Crippen LogP contribution in [0.4, 0.5) is 0 Å². The summed E-state index contributed by atoms with van der Waals surface area (Å²) in [6.07, 6.45) is 11.3. The molecule has 110 valence electrons. The van der Waals surface area contributed by atoms with Gasteiger partial charge in [0, 0.05) is 5.33 Å². The highest BCUT2D eigenvalue weighted by Gasteiger charge is 2.63. The molecule has 0 aliphatic heterocycles. The summed E-state index contributed by atoms with van der Waals surface area (Å²) >= 11 is 3.81. The molecule has 3 atom stereocenters. The van der Waals surface area contributed by atoms with Crippen LogP contribution >= 0.6 is 15.9 Å². The average Bonchev–Trinajstić information content (AvgIpc) is 2.98. The lowest BCUT2D eigenvalue weighted by molar-refractivity contribution is -0.147. The Kier molecular flexibility index (Phi) is 4.03. The Bertz CT molecular complexity index is 321. The van der Waals surface area contributed by atoms with Crippen LogP contribution in [0.5, 0.6) is 0 Å². The minimum atomic E-state index is 0.118. The number of fused-ring (bicyclic) bond motifs is 2. The molecule has 1 nitrogen and oxygen atoms in total. The number of rotatable bonds is 4. The Hall–Kier alpha value is 0.440. The Morgan fingerprint density at radius 2 is 1.68 bits per heavy atom. The van der Waals surface area contributed by atoms with Gasteiger partial charge in [0.2, 0.25) is 0 Å². The van der Waals surface area contributed by atoms with Crippen molar-refractivity contribution < 1.29 is 4.74 Å². The molecular weight excluding hydrogens is 300 g/mol. The maximum absolute atomic E-state index is 6.68. The minimum absolute atomic E-state index is 0.118. The third kappa shape index (κ3) is 2.21. The highest BCUT2D eigenvalue weighted by atomic mass is 79.9. The molecule has 0 radical (unpaired) electrons. The fourth-order valence-electron chi connectivity index (χ4n) is 5.18. The van der Waals surface area contributed by atoms with E-state index < -0.39 is 0 Å². The molecule has 0 saturated heterocycles. The first-order chi connectivity index (χ1) is 9.10. The predicted molar refractivity (Wildman–Crippen MR) is 83.7 cm³/mol. The van der Waals surface area contributed by atoms with Crippen LogP contribution in [-0.4, -0.2) is 17.5 Å². The quantitative estimate of drug-likeness (QED) is 0.646. The Morgan fingerprint density at radius 1 is 1.00 bits per heavy atom. The first-order valence-corrected chi connectivity index (χ1v) is 9.42. The second-order valence-corrected chi connectivity index (χ2v) is 8.33. The van der Waals surface area contributed by atoms with E-state index in [-0.39, 0.29) is 5.60 Å². The van der Waals surface area contributed by atoms with Gasteiger partial charge in [0.05, 0.1) is 12.2 Å². The zero-order valence-corrected chi connectivity index (χ0v) is 14.2. The topological polar surface area (TPSA) is 9.23 Å². The summed E-state index contributed by atoms with van der Waals surface area (Å²) in [4.78, 5) is 0. The van der Waals surface area contributed by atoms with E-state index >= 15 is 0 Å². The predicted octanol–water partition coefficient (Wildman–Crippen LogP) is 5.17. The van der Waals surface area contributed by atoms with Gasteiger partial charge in [-0.15, -0.1) is 0 Å². The molecule has 0 amide bonds. The molecule has 3 aliphatic rings. The second-order valence-electron chi connectivity index (χ2n) is 7.77. The maximum atomic E-state index is 6.68. The van der Waals surface area contributed by atoms with Crippen molar-refractivity contribution in [1.82, 2.24) is 0 Å². The van der Waals surface area contributed by atoms with E-state index in [2.05, 4.69) is 29.8 Å². The molecule has 0 N–H and O–H groups in total. The van der Waals surface area contributed by atoms with Gasteiger partial charge in [-0.3, -0.25) is 0 Å². The van der Waals surface area contributed by atoms with E-state index in [0.29, 0.717) is 5.41 Å². The van der Waals surface area contributed by atoms with Gasteiger partial charge >= 0.3 is 0 Å². The summed E-state index contributed by atoms with van der Waals surface area (Å²) in [6, 6.07) is 0. The van der Waals surface area contributed by atoms with Gasteiger partial charge in [-0.2, -0.15) is 0 Å². The monoisotopic (exact) mass is 328 g/mol. The highest BCUT2D eigenvalue weighted by molar-refractivity contribution is 9.09. The van der Waals surface area contributed by atoms with E-state index in [0.717, 1.165) is 29.7 Å². The molecule has 2 heteroatoms. The average molecular weight is 329 g/mol. The van der Waals surface area contributed by atoms with Crippen molar-refractivity contribution in [3.05, 3.63) is 0 Å². The van der Waals surface area contributed by atoms with Crippen LogP contribution in [0.3, 0.4) is 0 Å². The minimum Gasteiger partial charge on any atom is -0.373 e. The molecule has 3 aliphatic carbocycles. The third-order valence-corrected chi connectivity index (χ3v) is 7.54. The van der Waals surface area contributed by atoms with Crippen molar-refractivity contribution in [3.8, 4) is 0 Å². The summed E-state index contributed by atoms with van der Waals surface area (Å²) in [7, 11) is 0. The van der Waals surface area contributed by atoms with E-state index in [9.17, 15) is 0 Å². The van der Waals surface area contributed by atoms with E-state index in [4.69, 9.17) is 4.74 Å². The molecule has 3 unspecified atom stereocenters. The summed E-state index contributed by atoms with van der Waals surface area (Å²) < 4.78 is 6.68. The van der Waals surface area contributed by atoms with Gasteiger partial charge in [0.1, 0.15) is 0 Å². The molecule has 3 fully saturated rings. The smallest absolute Gasteiger partial charge is 0.0860 e. The van der Waals surface area contributed by atoms with E-state index in [1.165, 1.54) is 51.4 Å².